The summed E-state index contributed by atoms with van der Waals surface area (Å²) in [5, 5.41) is 11.7. The van der Waals surface area contributed by atoms with Crippen LogP contribution < -0.4 is 5.32 Å². The normalized spacial score (nSPS) is 24.2. The summed E-state index contributed by atoms with van der Waals surface area (Å²) >= 11 is 0. The number of amides is 1. The van der Waals surface area contributed by atoms with Gasteiger partial charge in [0.2, 0.25) is 0 Å². The van der Waals surface area contributed by atoms with Crippen molar-refractivity contribution in [1.29, 1.82) is 0 Å². The second-order valence-electron chi connectivity index (χ2n) is 5.21. The Bertz CT molecular complexity index is 667. The lowest BCUT2D eigenvalue weighted by molar-refractivity contribution is 0.0689. The van der Waals surface area contributed by atoms with Crippen molar-refractivity contribution in [2.45, 2.75) is 18.9 Å². The average Bonchev–Trinajstić information content (AvgIpc) is 2.63. The monoisotopic (exact) mass is 297 g/mol. The number of nitrogens with one attached hydrogen (secondary N) is 1. The van der Waals surface area contributed by atoms with Gasteiger partial charge in [-0.3, -0.25) is 4.79 Å². The van der Waals surface area contributed by atoms with Crippen LogP contribution in [0.5, 0.6) is 0 Å². The Labute approximate surface area is 116 Å². The summed E-state index contributed by atoms with van der Waals surface area (Å²) in [5.74, 6) is -1.85. The van der Waals surface area contributed by atoms with E-state index in [4.69, 9.17) is 5.11 Å². The van der Waals surface area contributed by atoms with Gasteiger partial charge in [0.05, 0.1) is 28.2 Å². The van der Waals surface area contributed by atoms with Crippen molar-refractivity contribution in [1.82, 2.24) is 5.32 Å². The predicted octanol–water partition coefficient (Wildman–Crippen LogP) is 0.692. The summed E-state index contributed by atoms with van der Waals surface area (Å²) in [5.41, 5.74) is -0.915. The first-order chi connectivity index (χ1) is 9.22. The van der Waals surface area contributed by atoms with Crippen molar-refractivity contribution in [2.24, 2.45) is 0 Å². The van der Waals surface area contributed by atoms with E-state index in [9.17, 15) is 18.0 Å². The lowest BCUT2D eigenvalue weighted by atomic mass is 10.00. The van der Waals surface area contributed by atoms with Crippen LogP contribution in [0.15, 0.2) is 24.3 Å². The summed E-state index contributed by atoms with van der Waals surface area (Å²) in [6.45, 7) is 1.65. The molecule has 6 nitrogen and oxygen atoms in total. The van der Waals surface area contributed by atoms with E-state index in [1.807, 2.05) is 0 Å². The fraction of sp³-hybridized carbons (Fsp3) is 0.385. The molecule has 0 aromatic heterocycles. The SMILES string of the molecule is C[C@]1(NC(=O)c2ccccc2C(=O)O)CCS(=O)(=O)C1. The first-order valence-electron chi connectivity index (χ1n) is 6.08. The number of carbonyl (C=O) groups excluding carboxylic acids is 1. The predicted molar refractivity (Wildman–Crippen MR) is 72.5 cm³/mol. The van der Waals surface area contributed by atoms with E-state index < -0.39 is 27.3 Å². The number of rotatable bonds is 3. The minimum Gasteiger partial charge on any atom is -0.478 e. The third-order valence-corrected chi connectivity index (χ3v) is 5.22. The van der Waals surface area contributed by atoms with Crippen LogP contribution in [-0.4, -0.2) is 42.4 Å². The van der Waals surface area contributed by atoms with Crippen LogP contribution in [0.2, 0.25) is 0 Å². The molecule has 1 aromatic carbocycles. The van der Waals surface area contributed by atoms with Crippen molar-refractivity contribution in [2.75, 3.05) is 11.5 Å². The van der Waals surface area contributed by atoms with Gasteiger partial charge in [0.15, 0.2) is 9.84 Å². The smallest absolute Gasteiger partial charge is 0.336 e. The van der Waals surface area contributed by atoms with Crippen LogP contribution in [0.3, 0.4) is 0 Å². The number of carboxylic acids is 1. The number of carbonyl (C=O) groups is 2. The van der Waals surface area contributed by atoms with E-state index in [-0.39, 0.29) is 22.6 Å². The Kier molecular flexibility index (Phi) is 3.56. The molecule has 7 heteroatoms. The number of sulfone groups is 1. The first kappa shape index (κ1) is 14.5. The summed E-state index contributed by atoms with van der Waals surface area (Å²) in [7, 11) is -3.14. The summed E-state index contributed by atoms with van der Waals surface area (Å²) < 4.78 is 23.0. The highest BCUT2D eigenvalue weighted by atomic mass is 32.2. The molecule has 0 radical (unpaired) electrons. The highest BCUT2D eigenvalue weighted by Gasteiger charge is 2.39. The van der Waals surface area contributed by atoms with Gasteiger partial charge in [0, 0.05) is 0 Å². The van der Waals surface area contributed by atoms with Crippen molar-refractivity contribution in [3.05, 3.63) is 35.4 Å². The number of benzene rings is 1. The number of hydrogen-bond donors (Lipinski definition) is 2. The first-order valence-corrected chi connectivity index (χ1v) is 7.90. The van der Waals surface area contributed by atoms with Gasteiger partial charge in [-0.25, -0.2) is 13.2 Å². The summed E-state index contributed by atoms with van der Waals surface area (Å²) in [6.07, 6.45) is 0.330. The zero-order valence-corrected chi connectivity index (χ0v) is 11.7. The molecule has 2 N–H and O–H groups in total. The average molecular weight is 297 g/mol. The van der Waals surface area contributed by atoms with E-state index in [2.05, 4.69) is 5.32 Å². The third-order valence-electron chi connectivity index (χ3n) is 3.32. The Hall–Kier alpha value is -1.89. The van der Waals surface area contributed by atoms with Crippen LogP contribution in [-0.2, 0) is 9.84 Å². The zero-order chi connectivity index (χ0) is 15.0. The molecule has 0 unspecified atom stereocenters. The molecule has 1 aliphatic heterocycles. The molecule has 20 heavy (non-hydrogen) atoms. The van der Waals surface area contributed by atoms with E-state index in [0.717, 1.165) is 0 Å². The Morgan fingerprint density at radius 1 is 1.25 bits per heavy atom. The van der Waals surface area contributed by atoms with Crippen LogP contribution in [0.1, 0.15) is 34.1 Å². The van der Waals surface area contributed by atoms with Gasteiger partial charge in [-0.2, -0.15) is 0 Å². The van der Waals surface area contributed by atoms with Crippen LogP contribution in [0.4, 0.5) is 0 Å². The van der Waals surface area contributed by atoms with Crippen molar-refractivity contribution in [3.63, 3.8) is 0 Å². The molecule has 0 saturated carbocycles. The van der Waals surface area contributed by atoms with Crippen LogP contribution >= 0.6 is 0 Å². The molecule has 1 saturated heterocycles. The molecule has 0 aliphatic carbocycles. The molecular weight excluding hydrogens is 282 g/mol. The summed E-state index contributed by atoms with van der Waals surface area (Å²) in [6, 6.07) is 5.84. The molecular formula is C13H15NO5S. The molecule has 1 aliphatic rings. The maximum absolute atomic E-state index is 12.2. The number of aromatic carboxylic acids is 1. The number of hydrogen-bond acceptors (Lipinski definition) is 4. The topological polar surface area (TPSA) is 101 Å². The lowest BCUT2D eigenvalue weighted by Gasteiger charge is -2.24. The molecule has 0 spiro atoms. The zero-order valence-electron chi connectivity index (χ0n) is 10.9. The van der Waals surface area contributed by atoms with Gasteiger partial charge >= 0.3 is 5.97 Å². The summed E-state index contributed by atoms with van der Waals surface area (Å²) in [4.78, 5) is 23.2. The maximum Gasteiger partial charge on any atom is 0.336 e. The molecule has 108 valence electrons. The standard InChI is InChI=1S/C13H15NO5S/c1-13(6-7-20(18,19)8-13)14-11(15)9-4-2-3-5-10(9)12(16)17/h2-5H,6-8H2,1H3,(H,14,15)(H,16,17)/t13-/m0/s1. The van der Waals surface area contributed by atoms with Gasteiger partial charge in [-0.05, 0) is 25.5 Å². The van der Waals surface area contributed by atoms with E-state index in [1.165, 1.54) is 18.2 Å². The second-order valence-corrected chi connectivity index (χ2v) is 7.39. The minimum atomic E-state index is -3.14. The van der Waals surface area contributed by atoms with Crippen molar-refractivity contribution >= 4 is 21.7 Å². The number of carboxylic acid groups (broad SMARTS) is 1. The van der Waals surface area contributed by atoms with Crippen molar-refractivity contribution in [3.8, 4) is 0 Å². The van der Waals surface area contributed by atoms with E-state index >= 15 is 0 Å². The van der Waals surface area contributed by atoms with Gasteiger partial charge < -0.3 is 10.4 Å². The van der Waals surface area contributed by atoms with Gasteiger partial charge in [-0.1, -0.05) is 12.1 Å². The van der Waals surface area contributed by atoms with E-state index in [1.54, 1.807) is 13.0 Å². The molecule has 1 atom stereocenters. The highest BCUT2D eigenvalue weighted by molar-refractivity contribution is 7.91. The Morgan fingerprint density at radius 3 is 2.35 bits per heavy atom. The van der Waals surface area contributed by atoms with Gasteiger partial charge in [0.25, 0.3) is 5.91 Å². The quantitative estimate of drug-likeness (QED) is 0.855. The minimum absolute atomic E-state index is 0.0321. The Balaban J connectivity index is 2.24. The van der Waals surface area contributed by atoms with Crippen LogP contribution in [0.25, 0.3) is 0 Å². The molecule has 1 fully saturated rings. The van der Waals surface area contributed by atoms with Gasteiger partial charge in [-0.15, -0.1) is 0 Å². The largest absolute Gasteiger partial charge is 0.478 e. The second kappa shape index (κ2) is 4.90. The molecule has 1 aromatic rings. The molecule has 1 heterocycles. The van der Waals surface area contributed by atoms with Gasteiger partial charge in [0.1, 0.15) is 0 Å². The van der Waals surface area contributed by atoms with E-state index in [0.29, 0.717) is 6.42 Å². The third kappa shape index (κ3) is 2.98. The maximum atomic E-state index is 12.2. The fourth-order valence-electron chi connectivity index (χ4n) is 2.32. The lowest BCUT2D eigenvalue weighted by Crippen LogP contribution is -2.47. The molecule has 0 bridgehead atoms. The Morgan fingerprint density at radius 2 is 1.85 bits per heavy atom. The highest BCUT2D eigenvalue weighted by Crippen LogP contribution is 2.23. The van der Waals surface area contributed by atoms with Crippen molar-refractivity contribution < 1.29 is 23.1 Å². The van der Waals surface area contributed by atoms with Crippen LogP contribution in [0, 0.1) is 0 Å². The molecule has 1 amide bonds. The fourth-order valence-corrected chi connectivity index (χ4v) is 4.41. The molecule has 2 rings (SSSR count).